The van der Waals surface area contributed by atoms with Crippen LogP contribution in [0.3, 0.4) is 0 Å². The summed E-state index contributed by atoms with van der Waals surface area (Å²) in [7, 11) is -4.28. The first kappa shape index (κ1) is 20.2. The van der Waals surface area contributed by atoms with E-state index in [0.717, 1.165) is 16.4 Å². The van der Waals surface area contributed by atoms with Crippen molar-refractivity contribution in [1.29, 1.82) is 0 Å². The zero-order valence-electron chi connectivity index (χ0n) is 15.3. The van der Waals surface area contributed by atoms with Crippen molar-refractivity contribution < 1.29 is 26.4 Å². The number of H-pyrrole nitrogens is 1. The largest absolute Gasteiger partial charge is 0.397 e. The minimum atomic E-state index is -4.28. The van der Waals surface area contributed by atoms with Crippen molar-refractivity contribution >= 4 is 38.4 Å². The molecular weight excluding hydrogens is 423 g/mol. The van der Waals surface area contributed by atoms with Crippen LogP contribution in [0, 0.1) is 11.6 Å². The predicted octanol–water partition coefficient (Wildman–Crippen LogP) is 2.35. The highest BCUT2D eigenvalue weighted by atomic mass is 32.2. The second kappa shape index (κ2) is 7.29. The first-order chi connectivity index (χ1) is 14.2. The molecule has 4 N–H and O–H groups in total. The highest BCUT2D eigenvalue weighted by molar-refractivity contribution is 7.90. The smallest absolute Gasteiger partial charge is 0.301 e. The number of ketones is 1. The monoisotopic (exact) mass is 439 g/mol. The van der Waals surface area contributed by atoms with E-state index in [2.05, 4.69) is 9.97 Å². The number of nitrogens with zero attached hydrogens (tertiary/aromatic N) is 2. The maximum atomic E-state index is 15.0. The summed E-state index contributed by atoms with van der Waals surface area (Å²) in [5, 5.41) is 0.260. The van der Waals surface area contributed by atoms with Crippen molar-refractivity contribution in [2.24, 2.45) is 0 Å². The third kappa shape index (κ3) is 3.48. The van der Waals surface area contributed by atoms with E-state index < -0.39 is 45.0 Å². The van der Waals surface area contributed by atoms with Crippen LogP contribution in [0.5, 0.6) is 0 Å². The summed E-state index contributed by atoms with van der Waals surface area (Å²) in [5.41, 5.74) is 4.56. The average Bonchev–Trinajstić information content (AvgIpc) is 3.30. The van der Waals surface area contributed by atoms with E-state index in [1.807, 2.05) is 4.72 Å². The Bertz CT molecular complexity index is 1260. The van der Waals surface area contributed by atoms with Gasteiger partial charge < -0.3 is 10.7 Å². The van der Waals surface area contributed by atoms with Crippen molar-refractivity contribution in [3.63, 3.8) is 0 Å². The Morgan fingerprint density at radius 3 is 2.80 bits per heavy atom. The van der Waals surface area contributed by atoms with Gasteiger partial charge in [0, 0.05) is 30.2 Å². The number of carbonyl (C=O) groups is 1. The molecule has 1 fully saturated rings. The van der Waals surface area contributed by atoms with Crippen molar-refractivity contribution in [3.8, 4) is 0 Å². The van der Waals surface area contributed by atoms with E-state index in [1.165, 1.54) is 18.5 Å². The molecule has 4 rings (SSSR count). The van der Waals surface area contributed by atoms with Gasteiger partial charge in [-0.3, -0.25) is 9.52 Å². The van der Waals surface area contributed by atoms with Crippen molar-refractivity contribution in [2.75, 3.05) is 23.5 Å². The SMILES string of the molecule is Nc1cnc2[nH]cc(C(=O)c3c(F)ccc(NS(=O)(=O)N4CC[C@@H](F)C4)c3F)c2c1. The Morgan fingerprint density at radius 1 is 1.33 bits per heavy atom. The van der Waals surface area contributed by atoms with Crippen LogP contribution in [0.1, 0.15) is 22.3 Å². The lowest BCUT2D eigenvalue weighted by atomic mass is 10.0. The molecule has 1 atom stereocenters. The number of pyridine rings is 1. The second-order valence-corrected chi connectivity index (χ2v) is 8.50. The van der Waals surface area contributed by atoms with E-state index in [1.54, 1.807) is 0 Å². The van der Waals surface area contributed by atoms with E-state index in [9.17, 15) is 22.0 Å². The Kier molecular flexibility index (Phi) is 4.90. The number of carbonyl (C=O) groups excluding carboxylic acids is 1. The van der Waals surface area contributed by atoms with Gasteiger partial charge in [-0.2, -0.15) is 12.7 Å². The number of aromatic nitrogens is 2. The number of benzene rings is 1. The minimum Gasteiger partial charge on any atom is -0.397 e. The molecule has 0 bridgehead atoms. The number of rotatable bonds is 5. The molecule has 0 unspecified atom stereocenters. The summed E-state index contributed by atoms with van der Waals surface area (Å²) >= 11 is 0. The number of anilines is 2. The molecule has 1 aliphatic heterocycles. The highest BCUT2D eigenvalue weighted by Gasteiger charge is 2.33. The predicted molar refractivity (Wildman–Crippen MR) is 104 cm³/mol. The van der Waals surface area contributed by atoms with E-state index in [-0.39, 0.29) is 36.1 Å². The molecular formula is C18H16F3N5O3S. The molecule has 1 saturated heterocycles. The van der Waals surface area contributed by atoms with Crippen LogP contribution in [0.2, 0.25) is 0 Å². The molecule has 8 nitrogen and oxygen atoms in total. The van der Waals surface area contributed by atoms with Gasteiger partial charge in [-0.15, -0.1) is 0 Å². The third-order valence-corrected chi connectivity index (χ3v) is 6.28. The molecule has 1 aliphatic rings. The molecule has 12 heteroatoms. The topological polar surface area (TPSA) is 121 Å². The lowest BCUT2D eigenvalue weighted by Crippen LogP contribution is -2.34. The molecule has 3 aromatic rings. The van der Waals surface area contributed by atoms with Crippen LogP contribution in [0.15, 0.2) is 30.6 Å². The van der Waals surface area contributed by atoms with Crippen LogP contribution < -0.4 is 10.5 Å². The molecule has 158 valence electrons. The summed E-state index contributed by atoms with van der Waals surface area (Å²) in [6.07, 6.45) is 1.29. The average molecular weight is 439 g/mol. The molecule has 0 radical (unpaired) electrons. The van der Waals surface area contributed by atoms with Gasteiger partial charge in [0.05, 0.1) is 23.1 Å². The Labute approximate surface area is 169 Å². The summed E-state index contributed by atoms with van der Waals surface area (Å²) in [4.78, 5) is 19.6. The number of halogens is 3. The lowest BCUT2D eigenvalue weighted by molar-refractivity contribution is 0.103. The summed E-state index contributed by atoms with van der Waals surface area (Å²) in [6.45, 7) is -0.442. The zero-order valence-corrected chi connectivity index (χ0v) is 16.1. The molecule has 0 aliphatic carbocycles. The fourth-order valence-corrected chi connectivity index (χ4v) is 4.56. The van der Waals surface area contributed by atoms with Crippen molar-refractivity contribution in [3.05, 3.63) is 53.4 Å². The molecule has 0 saturated carbocycles. The fraction of sp³-hybridized carbons (Fsp3) is 0.222. The number of hydrogen-bond acceptors (Lipinski definition) is 5. The summed E-state index contributed by atoms with van der Waals surface area (Å²) < 4.78 is 70.3. The summed E-state index contributed by atoms with van der Waals surface area (Å²) in [5.74, 6) is -3.57. The molecule has 0 spiro atoms. The molecule has 3 heterocycles. The van der Waals surface area contributed by atoms with Gasteiger partial charge in [-0.1, -0.05) is 0 Å². The van der Waals surface area contributed by atoms with Gasteiger partial charge in [-0.25, -0.2) is 18.2 Å². The molecule has 1 aromatic carbocycles. The number of nitrogen functional groups attached to an aromatic ring is 1. The number of fused-ring (bicyclic) bond motifs is 1. The van der Waals surface area contributed by atoms with Crippen molar-refractivity contribution in [1.82, 2.24) is 14.3 Å². The number of nitrogens with two attached hydrogens (primary N) is 1. The van der Waals surface area contributed by atoms with Crippen LogP contribution in [0.4, 0.5) is 24.5 Å². The number of hydrogen-bond donors (Lipinski definition) is 3. The van der Waals surface area contributed by atoms with E-state index in [0.29, 0.717) is 5.65 Å². The number of aromatic amines is 1. The first-order valence-corrected chi connectivity index (χ1v) is 10.3. The van der Waals surface area contributed by atoms with Crippen LogP contribution in [-0.2, 0) is 10.2 Å². The maximum Gasteiger partial charge on any atom is 0.301 e. The third-order valence-electron chi connectivity index (χ3n) is 4.79. The Balaban J connectivity index is 1.72. The second-order valence-electron chi connectivity index (χ2n) is 6.83. The Morgan fingerprint density at radius 2 is 2.10 bits per heavy atom. The van der Waals surface area contributed by atoms with Gasteiger partial charge in [-0.05, 0) is 24.6 Å². The van der Waals surface area contributed by atoms with Gasteiger partial charge >= 0.3 is 10.2 Å². The standard InChI is InChI=1S/C18H16F3N5O3S/c19-9-3-4-26(8-9)30(28,29)25-14-2-1-13(20)15(16(14)21)17(27)12-7-24-18-11(12)5-10(22)6-23-18/h1-2,5-7,9,25H,3-4,8,22H2,(H,23,24)/t9-/m1/s1. The highest BCUT2D eigenvalue weighted by Crippen LogP contribution is 2.28. The minimum absolute atomic E-state index is 0.0221. The molecule has 0 amide bonds. The van der Waals surface area contributed by atoms with Crippen LogP contribution in [-0.4, -0.2) is 47.7 Å². The number of alkyl halides is 1. The number of nitrogens with one attached hydrogen (secondary N) is 2. The van der Waals surface area contributed by atoms with E-state index >= 15 is 4.39 Å². The zero-order chi connectivity index (χ0) is 21.6. The fourth-order valence-electron chi connectivity index (χ4n) is 3.29. The Hall–Kier alpha value is -3.12. The molecule has 30 heavy (non-hydrogen) atoms. The van der Waals surface area contributed by atoms with Crippen LogP contribution >= 0.6 is 0 Å². The van der Waals surface area contributed by atoms with Crippen LogP contribution in [0.25, 0.3) is 11.0 Å². The van der Waals surface area contributed by atoms with Crippen molar-refractivity contribution in [2.45, 2.75) is 12.6 Å². The van der Waals surface area contributed by atoms with Gasteiger partial charge in [0.1, 0.15) is 17.6 Å². The summed E-state index contributed by atoms with van der Waals surface area (Å²) in [6, 6.07) is 3.06. The quantitative estimate of drug-likeness (QED) is 0.527. The van der Waals surface area contributed by atoms with E-state index in [4.69, 9.17) is 5.73 Å². The first-order valence-electron chi connectivity index (χ1n) is 8.84. The maximum absolute atomic E-state index is 15.0. The van der Waals surface area contributed by atoms with Gasteiger partial charge in [0.15, 0.2) is 5.82 Å². The van der Waals surface area contributed by atoms with Gasteiger partial charge in [0.2, 0.25) is 5.78 Å². The lowest BCUT2D eigenvalue weighted by Gasteiger charge is -2.18. The van der Waals surface area contributed by atoms with Gasteiger partial charge in [0.25, 0.3) is 0 Å². The molecule has 2 aromatic heterocycles. The normalized spacial score (nSPS) is 17.5.